The Morgan fingerprint density at radius 1 is 1.19 bits per heavy atom. The van der Waals surface area contributed by atoms with Gasteiger partial charge in [0.15, 0.2) is 5.13 Å². The van der Waals surface area contributed by atoms with Crippen molar-refractivity contribution in [3.05, 3.63) is 35.2 Å². The summed E-state index contributed by atoms with van der Waals surface area (Å²) in [5.74, 6) is -0.543. The number of nitrogens with one attached hydrogen (secondary N) is 1. The fraction of sp³-hybridized carbons (Fsp3) is 0.429. The van der Waals surface area contributed by atoms with Crippen molar-refractivity contribution in [2.45, 2.75) is 18.9 Å². The van der Waals surface area contributed by atoms with Crippen LogP contribution in [0.3, 0.4) is 0 Å². The molecule has 2 heterocycles. The Labute approximate surface area is 185 Å². The number of benzene rings is 1. The minimum atomic E-state index is -0.320. The number of anilines is 1. The largest absolute Gasteiger partial charge is 0.468 e. The maximum atomic E-state index is 12.1. The van der Waals surface area contributed by atoms with E-state index in [0.29, 0.717) is 5.56 Å². The first-order chi connectivity index (χ1) is 14.9. The Hall–Kier alpha value is -2.98. The number of carbonyl (C=O) groups excluding carboxylic acids is 2. The average Bonchev–Trinajstić information content (AvgIpc) is 3.27. The highest BCUT2D eigenvalue weighted by molar-refractivity contribution is 7.14. The lowest BCUT2D eigenvalue weighted by molar-refractivity contribution is -0.142. The zero-order valence-corrected chi connectivity index (χ0v) is 18.5. The predicted molar refractivity (Wildman–Crippen MR) is 119 cm³/mol. The summed E-state index contributed by atoms with van der Waals surface area (Å²) < 4.78 is 9.65. The van der Waals surface area contributed by atoms with Crippen LogP contribution in [0.2, 0.25) is 0 Å². The molecule has 0 unspecified atom stereocenters. The number of nitrogen functional groups attached to an aromatic ring is 1. The van der Waals surface area contributed by atoms with Gasteiger partial charge in [0.2, 0.25) is 0 Å². The second-order valence-electron chi connectivity index (χ2n) is 7.29. The van der Waals surface area contributed by atoms with E-state index in [-0.39, 0.29) is 36.9 Å². The maximum Gasteiger partial charge on any atom is 0.325 e. The van der Waals surface area contributed by atoms with Gasteiger partial charge in [-0.05, 0) is 12.8 Å². The average molecular weight is 446 g/mol. The van der Waals surface area contributed by atoms with Crippen LogP contribution in [0, 0.1) is 5.41 Å². The molecule has 0 bridgehead atoms. The van der Waals surface area contributed by atoms with E-state index < -0.39 is 0 Å². The minimum absolute atomic E-state index is 0.0216. The molecule has 0 aliphatic carbocycles. The molecule has 1 aliphatic heterocycles. The van der Waals surface area contributed by atoms with Crippen molar-refractivity contribution in [1.82, 2.24) is 9.88 Å². The molecule has 1 aliphatic rings. The number of esters is 2. The first kappa shape index (κ1) is 22.7. The van der Waals surface area contributed by atoms with E-state index in [4.69, 9.17) is 25.6 Å². The molecule has 0 spiro atoms. The third-order valence-electron chi connectivity index (χ3n) is 5.33. The molecule has 3 rings (SSSR count). The lowest BCUT2D eigenvalue weighted by atomic mass is 10.0. The standard InChI is InChI=1S/C21H27N5O4S/c1-29-18(27)11-25-9-7-16(8-10-25)26(12-19(28)30-2)21-24-17(13-31-21)14-3-5-15(6-4-14)20(22)23/h3-6,13,16H,7-12H2,1-2H3,(H3,22,23). The molecule has 0 atom stereocenters. The van der Waals surface area contributed by atoms with Crippen LogP contribution in [0.4, 0.5) is 5.13 Å². The number of nitrogens with zero attached hydrogens (tertiary/aromatic N) is 3. The van der Waals surface area contributed by atoms with Crippen LogP contribution in [0.5, 0.6) is 0 Å². The lowest BCUT2D eigenvalue weighted by Crippen LogP contribution is -2.48. The summed E-state index contributed by atoms with van der Waals surface area (Å²) in [5.41, 5.74) is 7.89. The van der Waals surface area contributed by atoms with Crippen molar-refractivity contribution < 1.29 is 19.1 Å². The smallest absolute Gasteiger partial charge is 0.325 e. The van der Waals surface area contributed by atoms with Crippen molar-refractivity contribution in [3.8, 4) is 11.3 Å². The SMILES string of the molecule is COC(=O)CN1CCC(N(CC(=O)OC)c2nc(-c3ccc(C(=N)N)cc3)cs2)CC1. The Bertz CT molecular complexity index is 922. The van der Waals surface area contributed by atoms with E-state index in [0.717, 1.165) is 42.3 Å². The van der Waals surface area contributed by atoms with Gasteiger partial charge < -0.3 is 20.1 Å². The van der Waals surface area contributed by atoms with Crippen molar-refractivity contribution in [1.29, 1.82) is 5.41 Å². The summed E-state index contributed by atoms with van der Waals surface area (Å²) in [4.78, 5) is 32.4. The van der Waals surface area contributed by atoms with Gasteiger partial charge in [0.05, 0.1) is 26.5 Å². The first-order valence-corrected chi connectivity index (χ1v) is 10.8. The van der Waals surface area contributed by atoms with Crippen molar-refractivity contribution in [3.63, 3.8) is 0 Å². The molecule has 1 aromatic heterocycles. The van der Waals surface area contributed by atoms with Crippen LogP contribution in [0.1, 0.15) is 18.4 Å². The van der Waals surface area contributed by atoms with E-state index in [1.165, 1.54) is 25.6 Å². The van der Waals surface area contributed by atoms with E-state index >= 15 is 0 Å². The van der Waals surface area contributed by atoms with Gasteiger partial charge in [-0.3, -0.25) is 19.9 Å². The van der Waals surface area contributed by atoms with Gasteiger partial charge in [-0.1, -0.05) is 24.3 Å². The monoisotopic (exact) mass is 445 g/mol. The van der Waals surface area contributed by atoms with Crippen LogP contribution >= 0.6 is 11.3 Å². The van der Waals surface area contributed by atoms with E-state index in [1.807, 2.05) is 22.4 Å². The summed E-state index contributed by atoms with van der Waals surface area (Å²) in [6, 6.07) is 7.46. The number of likely N-dealkylation sites (tertiary alicyclic amines) is 1. The minimum Gasteiger partial charge on any atom is -0.468 e. The fourth-order valence-electron chi connectivity index (χ4n) is 3.54. The lowest BCUT2D eigenvalue weighted by Gasteiger charge is -2.37. The Kier molecular flexibility index (Phi) is 7.59. The number of piperidine rings is 1. The maximum absolute atomic E-state index is 12.1. The Morgan fingerprint density at radius 3 is 2.42 bits per heavy atom. The van der Waals surface area contributed by atoms with Gasteiger partial charge in [-0.15, -0.1) is 11.3 Å². The van der Waals surface area contributed by atoms with Gasteiger partial charge in [0, 0.05) is 35.6 Å². The van der Waals surface area contributed by atoms with Crippen molar-refractivity contribution in [2.75, 3.05) is 45.3 Å². The molecule has 0 amide bonds. The number of carbonyl (C=O) groups is 2. The van der Waals surface area contributed by atoms with Gasteiger partial charge in [-0.25, -0.2) is 4.98 Å². The quantitative estimate of drug-likeness (QED) is 0.358. The van der Waals surface area contributed by atoms with Crippen LogP contribution in [0.15, 0.2) is 29.6 Å². The number of ether oxygens (including phenoxy) is 2. The summed E-state index contributed by atoms with van der Waals surface area (Å²) in [6.45, 7) is 1.87. The number of thiazole rings is 1. The number of hydrogen-bond donors (Lipinski definition) is 2. The first-order valence-electron chi connectivity index (χ1n) is 9.94. The molecule has 166 valence electrons. The molecular formula is C21H27N5O4S. The van der Waals surface area contributed by atoms with E-state index in [2.05, 4.69) is 4.90 Å². The fourth-order valence-corrected chi connectivity index (χ4v) is 4.45. The molecule has 1 aromatic carbocycles. The molecule has 0 saturated carbocycles. The molecule has 31 heavy (non-hydrogen) atoms. The van der Waals surface area contributed by atoms with E-state index in [1.54, 1.807) is 12.1 Å². The van der Waals surface area contributed by atoms with Crippen LogP contribution in [-0.4, -0.2) is 74.1 Å². The van der Waals surface area contributed by atoms with Crippen LogP contribution in [-0.2, 0) is 19.1 Å². The zero-order valence-electron chi connectivity index (χ0n) is 17.7. The third kappa shape index (κ3) is 5.80. The highest BCUT2D eigenvalue weighted by atomic mass is 32.1. The highest BCUT2D eigenvalue weighted by Gasteiger charge is 2.29. The number of aromatic nitrogens is 1. The van der Waals surface area contributed by atoms with Crippen molar-refractivity contribution >= 4 is 34.2 Å². The summed E-state index contributed by atoms with van der Waals surface area (Å²) in [7, 11) is 2.77. The van der Waals surface area contributed by atoms with Gasteiger partial charge >= 0.3 is 11.9 Å². The second-order valence-corrected chi connectivity index (χ2v) is 8.13. The molecule has 1 fully saturated rings. The predicted octanol–water partition coefficient (Wildman–Crippen LogP) is 1.71. The molecule has 3 N–H and O–H groups in total. The van der Waals surface area contributed by atoms with Gasteiger partial charge in [0.1, 0.15) is 12.4 Å². The second kappa shape index (κ2) is 10.4. The number of methoxy groups -OCH3 is 2. The molecule has 10 heteroatoms. The topological polar surface area (TPSA) is 122 Å². The highest BCUT2D eigenvalue weighted by Crippen LogP contribution is 2.31. The third-order valence-corrected chi connectivity index (χ3v) is 6.21. The number of hydrogen-bond acceptors (Lipinski definition) is 9. The normalized spacial score (nSPS) is 14.8. The molecular weight excluding hydrogens is 418 g/mol. The number of rotatable bonds is 8. The van der Waals surface area contributed by atoms with Crippen molar-refractivity contribution in [2.24, 2.45) is 5.73 Å². The molecule has 2 aromatic rings. The van der Waals surface area contributed by atoms with Crippen LogP contribution in [0.25, 0.3) is 11.3 Å². The molecule has 1 saturated heterocycles. The summed E-state index contributed by atoms with van der Waals surface area (Å²) in [6.07, 6.45) is 1.60. The zero-order chi connectivity index (χ0) is 22.4. The Balaban J connectivity index is 1.75. The number of nitrogens with two attached hydrogens (primary N) is 1. The Morgan fingerprint density at radius 2 is 1.84 bits per heavy atom. The van der Waals surface area contributed by atoms with Gasteiger partial charge in [-0.2, -0.15) is 0 Å². The number of amidine groups is 1. The summed E-state index contributed by atoms with van der Waals surface area (Å²) >= 11 is 1.48. The molecule has 0 radical (unpaired) electrons. The molecule has 9 nitrogen and oxygen atoms in total. The summed E-state index contributed by atoms with van der Waals surface area (Å²) in [5, 5.41) is 10.2. The van der Waals surface area contributed by atoms with E-state index in [9.17, 15) is 9.59 Å². The van der Waals surface area contributed by atoms with Gasteiger partial charge in [0.25, 0.3) is 0 Å². The van der Waals surface area contributed by atoms with Crippen LogP contribution < -0.4 is 10.6 Å².